The Hall–Kier alpha value is -1.84. The van der Waals surface area contributed by atoms with Gasteiger partial charge in [-0.1, -0.05) is 25.5 Å². The van der Waals surface area contributed by atoms with Crippen LogP contribution < -0.4 is 5.32 Å². The van der Waals surface area contributed by atoms with Gasteiger partial charge in [0.1, 0.15) is 5.82 Å². The summed E-state index contributed by atoms with van der Waals surface area (Å²) in [6.07, 6.45) is 3.37. The number of para-hydroxylation sites is 2. The number of carbonyl (C=O) groups is 1. The SMILES string of the molecule is CCCCC(=O)NCCc1nc2ccccc2[nH]1. The van der Waals surface area contributed by atoms with Gasteiger partial charge in [0, 0.05) is 19.4 Å². The third kappa shape index (κ3) is 3.32. The molecule has 0 radical (unpaired) electrons. The van der Waals surface area contributed by atoms with Crippen molar-refractivity contribution in [2.24, 2.45) is 0 Å². The van der Waals surface area contributed by atoms with Gasteiger partial charge in [-0.15, -0.1) is 0 Å². The Morgan fingerprint density at radius 1 is 1.39 bits per heavy atom. The Kier molecular flexibility index (Phi) is 4.34. The lowest BCUT2D eigenvalue weighted by Gasteiger charge is -2.02. The highest BCUT2D eigenvalue weighted by Gasteiger charge is 2.03. The van der Waals surface area contributed by atoms with Crippen molar-refractivity contribution in [3.05, 3.63) is 30.1 Å². The number of benzene rings is 1. The second kappa shape index (κ2) is 6.19. The van der Waals surface area contributed by atoms with Gasteiger partial charge >= 0.3 is 0 Å². The molecule has 1 aromatic heterocycles. The van der Waals surface area contributed by atoms with Crippen molar-refractivity contribution in [1.29, 1.82) is 0 Å². The van der Waals surface area contributed by atoms with Crippen molar-refractivity contribution in [1.82, 2.24) is 15.3 Å². The summed E-state index contributed by atoms with van der Waals surface area (Å²) in [5.41, 5.74) is 2.02. The van der Waals surface area contributed by atoms with E-state index in [0.717, 1.165) is 36.1 Å². The molecule has 0 aliphatic heterocycles. The average molecular weight is 245 g/mol. The molecule has 0 unspecified atom stereocenters. The molecule has 18 heavy (non-hydrogen) atoms. The van der Waals surface area contributed by atoms with Crippen LogP contribution in [-0.2, 0) is 11.2 Å². The molecule has 0 fully saturated rings. The monoisotopic (exact) mass is 245 g/mol. The Labute approximate surface area is 107 Å². The Balaban J connectivity index is 1.81. The summed E-state index contributed by atoms with van der Waals surface area (Å²) in [6, 6.07) is 7.94. The van der Waals surface area contributed by atoms with E-state index >= 15 is 0 Å². The van der Waals surface area contributed by atoms with Crippen molar-refractivity contribution in [3.63, 3.8) is 0 Å². The molecule has 4 nitrogen and oxygen atoms in total. The largest absolute Gasteiger partial charge is 0.356 e. The van der Waals surface area contributed by atoms with Crippen LogP contribution in [0.1, 0.15) is 32.0 Å². The van der Waals surface area contributed by atoms with Gasteiger partial charge in [-0.2, -0.15) is 0 Å². The summed E-state index contributed by atoms with van der Waals surface area (Å²) >= 11 is 0. The third-order valence-corrected chi connectivity index (χ3v) is 2.88. The Morgan fingerprint density at radius 3 is 3.00 bits per heavy atom. The van der Waals surface area contributed by atoms with Crippen LogP contribution in [0.5, 0.6) is 0 Å². The number of H-pyrrole nitrogens is 1. The highest BCUT2D eigenvalue weighted by atomic mass is 16.1. The number of unbranched alkanes of at least 4 members (excludes halogenated alkanes) is 1. The summed E-state index contributed by atoms with van der Waals surface area (Å²) in [4.78, 5) is 19.1. The average Bonchev–Trinajstić information content (AvgIpc) is 2.79. The van der Waals surface area contributed by atoms with Crippen LogP contribution >= 0.6 is 0 Å². The van der Waals surface area contributed by atoms with Gasteiger partial charge in [-0.3, -0.25) is 4.79 Å². The molecule has 0 saturated heterocycles. The normalized spacial score (nSPS) is 10.7. The molecular weight excluding hydrogens is 226 g/mol. The van der Waals surface area contributed by atoms with E-state index < -0.39 is 0 Å². The number of fused-ring (bicyclic) bond motifs is 1. The molecule has 96 valence electrons. The summed E-state index contributed by atoms with van der Waals surface area (Å²) in [7, 11) is 0. The standard InChI is InChI=1S/C14H19N3O/c1-2-3-8-14(18)15-10-9-13-16-11-6-4-5-7-12(11)17-13/h4-7H,2-3,8-10H2,1H3,(H,15,18)(H,16,17). The van der Waals surface area contributed by atoms with Crippen molar-refractivity contribution in [3.8, 4) is 0 Å². The number of nitrogens with one attached hydrogen (secondary N) is 2. The first kappa shape index (κ1) is 12.6. The molecule has 1 heterocycles. The summed E-state index contributed by atoms with van der Waals surface area (Å²) in [5, 5.41) is 2.91. The zero-order valence-corrected chi connectivity index (χ0v) is 10.7. The fourth-order valence-electron chi connectivity index (χ4n) is 1.87. The van der Waals surface area contributed by atoms with Crippen LogP contribution in [0.15, 0.2) is 24.3 Å². The molecule has 2 rings (SSSR count). The third-order valence-electron chi connectivity index (χ3n) is 2.88. The molecule has 0 aliphatic carbocycles. The van der Waals surface area contributed by atoms with Crippen LogP contribution in [0.25, 0.3) is 11.0 Å². The van der Waals surface area contributed by atoms with Crippen LogP contribution in [0, 0.1) is 0 Å². The van der Waals surface area contributed by atoms with E-state index in [2.05, 4.69) is 22.2 Å². The first-order valence-corrected chi connectivity index (χ1v) is 6.50. The smallest absolute Gasteiger partial charge is 0.220 e. The van der Waals surface area contributed by atoms with Gasteiger partial charge in [0.2, 0.25) is 5.91 Å². The molecule has 0 saturated carbocycles. The minimum absolute atomic E-state index is 0.132. The Bertz CT molecular complexity index is 485. The van der Waals surface area contributed by atoms with Crippen LogP contribution in [0.4, 0.5) is 0 Å². The number of nitrogens with zero attached hydrogens (tertiary/aromatic N) is 1. The lowest BCUT2D eigenvalue weighted by Crippen LogP contribution is -2.25. The van der Waals surface area contributed by atoms with Gasteiger partial charge in [0.15, 0.2) is 0 Å². The van der Waals surface area contributed by atoms with E-state index in [4.69, 9.17) is 0 Å². The van der Waals surface area contributed by atoms with Crippen LogP contribution in [0.2, 0.25) is 0 Å². The van der Waals surface area contributed by atoms with Gasteiger partial charge in [0.25, 0.3) is 0 Å². The maximum Gasteiger partial charge on any atom is 0.220 e. The molecule has 0 aliphatic rings. The number of hydrogen-bond acceptors (Lipinski definition) is 2. The first-order chi connectivity index (χ1) is 8.79. The van der Waals surface area contributed by atoms with Gasteiger partial charge in [-0.25, -0.2) is 4.98 Å². The van der Waals surface area contributed by atoms with Crippen molar-refractivity contribution >= 4 is 16.9 Å². The number of aromatic nitrogens is 2. The molecule has 0 bridgehead atoms. The lowest BCUT2D eigenvalue weighted by atomic mass is 10.2. The minimum Gasteiger partial charge on any atom is -0.356 e. The van der Waals surface area contributed by atoms with E-state index in [1.165, 1.54) is 0 Å². The van der Waals surface area contributed by atoms with Crippen LogP contribution in [-0.4, -0.2) is 22.4 Å². The van der Waals surface area contributed by atoms with Crippen molar-refractivity contribution < 1.29 is 4.79 Å². The highest BCUT2D eigenvalue weighted by molar-refractivity contribution is 5.76. The molecule has 2 aromatic rings. The van der Waals surface area contributed by atoms with Gasteiger partial charge < -0.3 is 10.3 Å². The van der Waals surface area contributed by atoms with E-state index in [1.54, 1.807) is 0 Å². The zero-order valence-electron chi connectivity index (χ0n) is 10.7. The topological polar surface area (TPSA) is 57.8 Å². The summed E-state index contributed by atoms with van der Waals surface area (Å²) in [6.45, 7) is 2.73. The molecule has 2 N–H and O–H groups in total. The molecule has 0 spiro atoms. The predicted molar refractivity (Wildman–Crippen MR) is 72.3 cm³/mol. The zero-order chi connectivity index (χ0) is 12.8. The van der Waals surface area contributed by atoms with E-state index in [0.29, 0.717) is 13.0 Å². The van der Waals surface area contributed by atoms with E-state index in [-0.39, 0.29) is 5.91 Å². The lowest BCUT2D eigenvalue weighted by molar-refractivity contribution is -0.121. The van der Waals surface area contributed by atoms with E-state index in [1.807, 2.05) is 24.3 Å². The van der Waals surface area contributed by atoms with E-state index in [9.17, 15) is 4.79 Å². The second-order valence-electron chi connectivity index (χ2n) is 4.40. The number of amides is 1. The minimum atomic E-state index is 0.132. The number of rotatable bonds is 6. The summed E-state index contributed by atoms with van der Waals surface area (Å²) in [5.74, 6) is 1.06. The van der Waals surface area contributed by atoms with Gasteiger partial charge in [-0.05, 0) is 18.6 Å². The molecule has 4 heteroatoms. The molecular formula is C14H19N3O. The second-order valence-corrected chi connectivity index (χ2v) is 4.40. The maximum absolute atomic E-state index is 11.4. The fourth-order valence-corrected chi connectivity index (χ4v) is 1.87. The first-order valence-electron chi connectivity index (χ1n) is 6.50. The predicted octanol–water partition coefficient (Wildman–Crippen LogP) is 2.41. The number of aromatic amines is 1. The summed E-state index contributed by atoms with van der Waals surface area (Å²) < 4.78 is 0. The Morgan fingerprint density at radius 2 is 2.22 bits per heavy atom. The molecule has 1 amide bonds. The molecule has 1 aromatic carbocycles. The molecule has 0 atom stereocenters. The quantitative estimate of drug-likeness (QED) is 0.821. The highest BCUT2D eigenvalue weighted by Crippen LogP contribution is 2.10. The van der Waals surface area contributed by atoms with Crippen molar-refractivity contribution in [2.45, 2.75) is 32.6 Å². The van der Waals surface area contributed by atoms with Crippen LogP contribution in [0.3, 0.4) is 0 Å². The number of hydrogen-bond donors (Lipinski definition) is 2. The maximum atomic E-state index is 11.4. The van der Waals surface area contributed by atoms with Crippen molar-refractivity contribution in [2.75, 3.05) is 6.54 Å². The number of imidazole rings is 1. The fraction of sp³-hybridized carbons (Fsp3) is 0.429. The van der Waals surface area contributed by atoms with Gasteiger partial charge in [0.05, 0.1) is 11.0 Å². The number of carbonyl (C=O) groups excluding carboxylic acids is 1.